The molecule has 1 amide bonds. The van der Waals surface area contributed by atoms with Gasteiger partial charge in [0.25, 0.3) is 5.91 Å². The number of carbonyl (C=O) groups excluding carboxylic acids is 1. The van der Waals surface area contributed by atoms with Crippen LogP contribution in [-0.2, 0) is 12.8 Å². The second kappa shape index (κ2) is 7.75. The van der Waals surface area contributed by atoms with Crippen LogP contribution in [0.5, 0.6) is 0 Å². The van der Waals surface area contributed by atoms with E-state index < -0.39 is 0 Å². The normalized spacial score (nSPS) is 15.0. The van der Waals surface area contributed by atoms with Crippen molar-refractivity contribution in [2.45, 2.75) is 38.0 Å². The van der Waals surface area contributed by atoms with Crippen LogP contribution in [0.25, 0.3) is 0 Å². The molecule has 3 rings (SSSR count). The number of rotatable bonds is 6. The van der Waals surface area contributed by atoms with Gasteiger partial charge in [-0.15, -0.1) is 11.3 Å². The maximum absolute atomic E-state index is 12.4. The molecule has 0 saturated heterocycles. The summed E-state index contributed by atoms with van der Waals surface area (Å²) in [5.41, 5.74) is 2.52. The second-order valence-electron chi connectivity index (χ2n) is 6.10. The van der Waals surface area contributed by atoms with Crippen molar-refractivity contribution in [1.82, 2.24) is 5.32 Å². The zero-order chi connectivity index (χ0) is 16.1. The van der Waals surface area contributed by atoms with Crippen molar-refractivity contribution in [2.75, 3.05) is 13.2 Å². The van der Waals surface area contributed by atoms with Crippen molar-refractivity contribution in [1.29, 1.82) is 0 Å². The van der Waals surface area contributed by atoms with Crippen LogP contribution in [0.3, 0.4) is 0 Å². The van der Waals surface area contributed by atoms with Crippen molar-refractivity contribution >= 4 is 17.2 Å². The van der Waals surface area contributed by atoms with E-state index in [9.17, 15) is 9.90 Å². The third kappa shape index (κ3) is 4.01. The van der Waals surface area contributed by atoms with Gasteiger partial charge in [0, 0.05) is 23.9 Å². The van der Waals surface area contributed by atoms with Crippen molar-refractivity contribution in [3.8, 4) is 0 Å². The molecule has 1 aliphatic carbocycles. The number of fused-ring (bicyclic) bond motifs is 1. The Balaban J connectivity index is 1.63. The molecule has 4 heteroatoms. The summed E-state index contributed by atoms with van der Waals surface area (Å²) in [5, 5.41) is 12.3. The summed E-state index contributed by atoms with van der Waals surface area (Å²) in [5.74, 6) is 0.169. The van der Waals surface area contributed by atoms with Crippen LogP contribution in [0.1, 0.15) is 50.9 Å². The molecule has 0 saturated carbocycles. The Kier molecular flexibility index (Phi) is 5.47. The van der Waals surface area contributed by atoms with Gasteiger partial charge < -0.3 is 10.4 Å². The fourth-order valence-corrected chi connectivity index (χ4v) is 4.34. The first-order chi connectivity index (χ1) is 11.3. The number of hydrogen-bond donors (Lipinski definition) is 2. The number of benzene rings is 1. The highest BCUT2D eigenvalue weighted by atomic mass is 32.1. The predicted molar refractivity (Wildman–Crippen MR) is 94.2 cm³/mol. The van der Waals surface area contributed by atoms with Gasteiger partial charge in [0.15, 0.2) is 0 Å². The van der Waals surface area contributed by atoms with Crippen molar-refractivity contribution in [2.24, 2.45) is 0 Å². The third-order valence-electron chi connectivity index (χ3n) is 4.48. The number of thiophene rings is 1. The number of hydrogen-bond acceptors (Lipinski definition) is 3. The molecule has 0 fully saturated rings. The molecule has 0 aliphatic heterocycles. The van der Waals surface area contributed by atoms with Gasteiger partial charge in [0.1, 0.15) is 0 Å². The highest BCUT2D eigenvalue weighted by Gasteiger charge is 2.18. The molecule has 0 spiro atoms. The van der Waals surface area contributed by atoms with E-state index in [0.717, 1.165) is 23.3 Å². The molecule has 2 N–H and O–H groups in total. The summed E-state index contributed by atoms with van der Waals surface area (Å²) < 4.78 is 0. The molecule has 1 aromatic heterocycles. The van der Waals surface area contributed by atoms with Crippen LogP contribution in [0, 0.1) is 0 Å². The van der Waals surface area contributed by atoms with E-state index in [4.69, 9.17) is 0 Å². The zero-order valence-corrected chi connectivity index (χ0v) is 14.1. The molecule has 1 heterocycles. The van der Waals surface area contributed by atoms with Gasteiger partial charge in [0.2, 0.25) is 0 Å². The van der Waals surface area contributed by atoms with Crippen LogP contribution in [0.4, 0.5) is 0 Å². The van der Waals surface area contributed by atoms with E-state index in [2.05, 4.69) is 23.5 Å². The minimum Gasteiger partial charge on any atom is -0.396 e. The number of nitrogens with one attached hydrogen (secondary N) is 1. The molecule has 1 atom stereocenters. The monoisotopic (exact) mass is 329 g/mol. The van der Waals surface area contributed by atoms with Crippen molar-refractivity contribution in [3.63, 3.8) is 0 Å². The zero-order valence-electron chi connectivity index (χ0n) is 13.3. The molecule has 0 bridgehead atoms. The smallest absolute Gasteiger partial charge is 0.261 e. The van der Waals surface area contributed by atoms with Crippen LogP contribution < -0.4 is 5.32 Å². The first-order valence-electron chi connectivity index (χ1n) is 8.33. The fourth-order valence-electron chi connectivity index (χ4n) is 3.17. The highest BCUT2D eigenvalue weighted by Crippen LogP contribution is 2.29. The van der Waals surface area contributed by atoms with E-state index in [1.807, 2.05) is 18.2 Å². The lowest BCUT2D eigenvalue weighted by atomic mass is 9.96. The van der Waals surface area contributed by atoms with Crippen molar-refractivity contribution < 1.29 is 9.90 Å². The van der Waals surface area contributed by atoms with Crippen LogP contribution in [0.2, 0.25) is 0 Å². The van der Waals surface area contributed by atoms with E-state index in [0.29, 0.717) is 13.0 Å². The van der Waals surface area contributed by atoms with Crippen molar-refractivity contribution in [3.05, 3.63) is 57.3 Å². The summed E-state index contributed by atoms with van der Waals surface area (Å²) >= 11 is 1.64. The fraction of sp³-hybridized carbons (Fsp3) is 0.421. The van der Waals surface area contributed by atoms with Gasteiger partial charge in [-0.05, 0) is 49.3 Å². The average molecular weight is 329 g/mol. The second-order valence-corrected chi connectivity index (χ2v) is 7.23. The van der Waals surface area contributed by atoms with Gasteiger partial charge in [-0.2, -0.15) is 0 Å². The number of amides is 1. The van der Waals surface area contributed by atoms with Crippen LogP contribution in [-0.4, -0.2) is 24.2 Å². The standard InChI is InChI=1S/C19H23NO2S/c21-11-10-16(14-6-2-1-3-7-14)13-20-19(22)18-12-15-8-4-5-9-17(15)23-18/h1-3,6-7,12,16,21H,4-5,8-11,13H2,(H,20,22). The van der Waals surface area contributed by atoms with Gasteiger partial charge in [-0.25, -0.2) is 0 Å². The molecule has 122 valence electrons. The number of aryl methyl sites for hydroxylation is 2. The Bertz CT molecular complexity index is 627. The van der Waals surface area contributed by atoms with E-state index in [-0.39, 0.29) is 18.4 Å². The van der Waals surface area contributed by atoms with Gasteiger partial charge in [-0.3, -0.25) is 4.79 Å². The molecule has 23 heavy (non-hydrogen) atoms. The number of aliphatic hydroxyl groups excluding tert-OH is 1. The van der Waals surface area contributed by atoms with E-state index in [1.165, 1.54) is 23.3 Å². The lowest BCUT2D eigenvalue weighted by Crippen LogP contribution is -2.28. The topological polar surface area (TPSA) is 49.3 Å². The minimum atomic E-state index is 0.0169. The maximum atomic E-state index is 12.4. The predicted octanol–water partition coefficient (Wildman–Crippen LogP) is 3.52. The summed E-state index contributed by atoms with van der Waals surface area (Å²) in [6.45, 7) is 0.689. The minimum absolute atomic E-state index is 0.0169. The summed E-state index contributed by atoms with van der Waals surface area (Å²) in [6, 6.07) is 12.1. The first kappa shape index (κ1) is 16.2. The van der Waals surface area contributed by atoms with E-state index >= 15 is 0 Å². The van der Waals surface area contributed by atoms with Crippen LogP contribution in [0.15, 0.2) is 36.4 Å². The molecule has 2 aromatic rings. The van der Waals surface area contributed by atoms with Gasteiger partial charge in [0.05, 0.1) is 4.88 Å². The third-order valence-corrected chi connectivity index (χ3v) is 5.71. The van der Waals surface area contributed by atoms with Crippen LogP contribution >= 0.6 is 11.3 Å². The summed E-state index contributed by atoms with van der Waals surface area (Å²) in [7, 11) is 0. The van der Waals surface area contributed by atoms with Gasteiger partial charge >= 0.3 is 0 Å². The maximum Gasteiger partial charge on any atom is 0.261 e. The molecular weight excluding hydrogens is 306 g/mol. The molecule has 1 aliphatic rings. The Morgan fingerprint density at radius 2 is 2.00 bits per heavy atom. The van der Waals surface area contributed by atoms with E-state index in [1.54, 1.807) is 11.3 Å². The Labute approximate surface area is 141 Å². The lowest BCUT2D eigenvalue weighted by Gasteiger charge is -2.16. The molecule has 1 aromatic carbocycles. The average Bonchev–Trinajstić information content (AvgIpc) is 3.03. The number of aliphatic hydroxyl groups is 1. The molecule has 1 unspecified atom stereocenters. The first-order valence-corrected chi connectivity index (χ1v) is 9.15. The summed E-state index contributed by atoms with van der Waals surface area (Å²) in [6.07, 6.45) is 5.35. The molecular formula is C19H23NO2S. The largest absolute Gasteiger partial charge is 0.396 e. The lowest BCUT2D eigenvalue weighted by molar-refractivity contribution is 0.0953. The Morgan fingerprint density at radius 3 is 2.74 bits per heavy atom. The summed E-state index contributed by atoms with van der Waals surface area (Å²) in [4.78, 5) is 14.7. The molecule has 0 radical (unpaired) electrons. The number of carbonyl (C=O) groups is 1. The highest BCUT2D eigenvalue weighted by molar-refractivity contribution is 7.14. The quantitative estimate of drug-likeness (QED) is 0.852. The Hall–Kier alpha value is -1.65. The Morgan fingerprint density at radius 1 is 1.22 bits per heavy atom. The van der Waals surface area contributed by atoms with Gasteiger partial charge in [-0.1, -0.05) is 30.3 Å². The molecule has 3 nitrogen and oxygen atoms in total. The SMILES string of the molecule is O=C(NCC(CCO)c1ccccc1)c1cc2c(s1)CCCC2.